The average molecular weight is 885 g/mol. The van der Waals surface area contributed by atoms with E-state index in [4.69, 9.17) is 9.72 Å². The van der Waals surface area contributed by atoms with E-state index >= 15 is 0 Å². The summed E-state index contributed by atoms with van der Waals surface area (Å²) < 4.78 is 9.29. The molecule has 6 aromatic carbocycles. The summed E-state index contributed by atoms with van der Waals surface area (Å²) in [6.45, 7) is 30.7. The van der Waals surface area contributed by atoms with Crippen LogP contribution in [0.3, 0.4) is 0 Å². The molecule has 67 heavy (non-hydrogen) atoms. The molecule has 0 amide bonds. The number of rotatable bonds is 9. The number of hydrogen-bond donors (Lipinski definition) is 0. The number of benzene rings is 6. The second kappa shape index (κ2) is 16.6. The zero-order valence-corrected chi connectivity index (χ0v) is 42.0. The molecular weight excluding hydrogens is 817 g/mol. The van der Waals surface area contributed by atoms with Gasteiger partial charge in [0.2, 0.25) is 0 Å². The smallest absolute Gasteiger partial charge is 0.137 e. The Hall–Kier alpha value is -6.59. The Kier molecular flexibility index (Phi) is 11.3. The second-order valence-corrected chi connectivity index (χ2v) is 22.8. The molecular formula is C62H68N4O. The summed E-state index contributed by atoms with van der Waals surface area (Å²) in [6.07, 6.45) is 4.31. The molecule has 5 nitrogen and oxygen atoms in total. The van der Waals surface area contributed by atoms with Gasteiger partial charge in [0.25, 0.3) is 0 Å². The molecule has 2 aromatic heterocycles. The molecule has 0 bridgehead atoms. The van der Waals surface area contributed by atoms with E-state index in [9.17, 15) is 0 Å². The third kappa shape index (κ3) is 8.77. The number of aromatic nitrogens is 2. The Balaban J connectivity index is 1.11. The zero-order chi connectivity index (χ0) is 47.7. The lowest BCUT2D eigenvalue weighted by molar-refractivity contribution is 0.479. The van der Waals surface area contributed by atoms with Crippen LogP contribution in [0.15, 0.2) is 170 Å². The van der Waals surface area contributed by atoms with Crippen molar-refractivity contribution in [2.45, 2.75) is 112 Å². The van der Waals surface area contributed by atoms with Crippen LogP contribution in [0.5, 0.6) is 11.5 Å². The molecule has 9 rings (SSSR count). The van der Waals surface area contributed by atoms with Crippen molar-refractivity contribution in [3.63, 3.8) is 0 Å². The number of allylic oxidation sites excluding steroid dienone is 1. The Labute approximate surface area is 399 Å². The van der Waals surface area contributed by atoms with Crippen LogP contribution in [-0.4, -0.2) is 16.2 Å². The SMILES string of the molecule is CC(C)(C)C1=CN(c2cc(Oc3ccc4c5ccccc5n(-c5cc(C(C)(C)c6ccccc6)ccn5)c4c3)cc(C(C)(C)C)c2)CN1c1cc(C(C)(C)C)cc(C(C)(C)c2ccccc2)c1. The second-order valence-electron chi connectivity index (χ2n) is 22.8. The van der Waals surface area contributed by atoms with Crippen LogP contribution in [0.2, 0.25) is 0 Å². The molecule has 0 saturated heterocycles. The third-order valence-corrected chi connectivity index (χ3v) is 14.1. The highest BCUT2D eigenvalue weighted by Crippen LogP contribution is 2.45. The summed E-state index contributed by atoms with van der Waals surface area (Å²) in [5.41, 5.74) is 12.7. The van der Waals surface area contributed by atoms with Gasteiger partial charge in [0.05, 0.1) is 17.7 Å². The van der Waals surface area contributed by atoms with Gasteiger partial charge in [-0.1, -0.05) is 175 Å². The summed E-state index contributed by atoms with van der Waals surface area (Å²) in [5, 5.41) is 2.34. The van der Waals surface area contributed by atoms with Crippen molar-refractivity contribution in [1.29, 1.82) is 0 Å². The van der Waals surface area contributed by atoms with Gasteiger partial charge in [-0.3, -0.25) is 4.57 Å². The standard InChI is InChI=1S/C62H68N4O/c1-58(2,3)45-32-47(62(12,13)43-24-18-15-19-25-43)35-49(34-45)65-41-64(40-56(65)60(7,8)9)48-33-46(59(4,5)6)36-51(38-48)67-50-28-29-53-52-26-20-21-27-54(52)66(55(53)39-50)57-37-44(30-31-63-57)61(10,11)42-22-16-14-17-23-42/h14-40H,41H2,1-13H3. The molecule has 0 aliphatic carbocycles. The molecule has 0 N–H and O–H groups in total. The van der Waals surface area contributed by atoms with E-state index < -0.39 is 0 Å². The summed E-state index contributed by atoms with van der Waals surface area (Å²) in [6, 6.07) is 55.2. The van der Waals surface area contributed by atoms with E-state index in [0.29, 0.717) is 6.67 Å². The van der Waals surface area contributed by atoms with Gasteiger partial charge >= 0.3 is 0 Å². The molecule has 342 valence electrons. The van der Waals surface area contributed by atoms with Gasteiger partial charge in [0.1, 0.15) is 17.3 Å². The van der Waals surface area contributed by atoms with Crippen LogP contribution in [-0.2, 0) is 21.7 Å². The van der Waals surface area contributed by atoms with Gasteiger partial charge in [-0.05, 0) is 98.8 Å². The van der Waals surface area contributed by atoms with E-state index in [1.807, 2.05) is 6.20 Å². The maximum Gasteiger partial charge on any atom is 0.137 e. The molecule has 0 saturated carbocycles. The van der Waals surface area contributed by atoms with Gasteiger partial charge < -0.3 is 14.5 Å². The number of hydrogen-bond acceptors (Lipinski definition) is 4. The van der Waals surface area contributed by atoms with Gasteiger partial charge in [-0.15, -0.1) is 0 Å². The van der Waals surface area contributed by atoms with Crippen molar-refractivity contribution in [1.82, 2.24) is 9.55 Å². The fourth-order valence-corrected chi connectivity index (χ4v) is 9.63. The number of fused-ring (bicyclic) bond motifs is 3. The molecule has 5 heteroatoms. The molecule has 0 fully saturated rings. The molecule has 1 aliphatic heterocycles. The lowest BCUT2D eigenvalue weighted by atomic mass is 9.75. The quantitative estimate of drug-likeness (QED) is 0.145. The Bertz CT molecular complexity index is 3130. The third-order valence-electron chi connectivity index (χ3n) is 14.1. The van der Waals surface area contributed by atoms with Crippen LogP contribution in [0.1, 0.15) is 123 Å². The van der Waals surface area contributed by atoms with E-state index in [2.05, 4.69) is 262 Å². The molecule has 3 heterocycles. The predicted octanol–water partition coefficient (Wildman–Crippen LogP) is 16.4. The van der Waals surface area contributed by atoms with E-state index in [1.165, 1.54) is 50.2 Å². The highest BCUT2D eigenvalue weighted by molar-refractivity contribution is 6.09. The van der Waals surface area contributed by atoms with Gasteiger partial charge in [0, 0.05) is 68.6 Å². The lowest BCUT2D eigenvalue weighted by Crippen LogP contribution is -2.31. The lowest BCUT2D eigenvalue weighted by Gasteiger charge is -2.35. The van der Waals surface area contributed by atoms with Crippen LogP contribution >= 0.6 is 0 Å². The maximum atomic E-state index is 7.00. The Morgan fingerprint density at radius 1 is 0.433 bits per heavy atom. The number of ether oxygens (including phenoxy) is 1. The summed E-state index contributed by atoms with van der Waals surface area (Å²) in [7, 11) is 0. The Morgan fingerprint density at radius 3 is 1.64 bits per heavy atom. The normalized spacial score (nSPS) is 14.0. The summed E-state index contributed by atoms with van der Waals surface area (Å²) in [5.74, 6) is 2.46. The minimum atomic E-state index is -0.213. The molecule has 0 unspecified atom stereocenters. The van der Waals surface area contributed by atoms with Crippen molar-refractivity contribution in [2.24, 2.45) is 5.41 Å². The first-order valence-electron chi connectivity index (χ1n) is 24.0. The maximum absolute atomic E-state index is 7.00. The fraction of sp³-hybridized carbons (Fsp3) is 0.306. The predicted molar refractivity (Wildman–Crippen MR) is 283 cm³/mol. The minimum Gasteiger partial charge on any atom is -0.457 e. The minimum absolute atomic E-state index is 0.0347. The monoisotopic (exact) mass is 885 g/mol. The van der Waals surface area contributed by atoms with Crippen molar-refractivity contribution < 1.29 is 4.74 Å². The van der Waals surface area contributed by atoms with Crippen molar-refractivity contribution >= 4 is 33.2 Å². The summed E-state index contributed by atoms with van der Waals surface area (Å²) >= 11 is 0. The number of pyridine rings is 1. The average Bonchev–Trinajstić information content (AvgIpc) is 3.90. The number of nitrogens with zero attached hydrogens (tertiary/aromatic N) is 4. The highest BCUT2D eigenvalue weighted by Gasteiger charge is 2.35. The fourth-order valence-electron chi connectivity index (χ4n) is 9.63. The first-order valence-corrected chi connectivity index (χ1v) is 24.0. The molecule has 0 atom stereocenters. The molecule has 1 aliphatic rings. The largest absolute Gasteiger partial charge is 0.457 e. The molecule has 0 spiro atoms. The summed E-state index contributed by atoms with van der Waals surface area (Å²) in [4.78, 5) is 9.94. The zero-order valence-electron chi connectivity index (χ0n) is 42.0. The number of para-hydroxylation sites is 1. The van der Waals surface area contributed by atoms with Crippen molar-refractivity contribution in [2.75, 3.05) is 16.5 Å². The Morgan fingerprint density at radius 2 is 1.00 bits per heavy atom. The van der Waals surface area contributed by atoms with Crippen LogP contribution in [0, 0.1) is 5.41 Å². The topological polar surface area (TPSA) is 33.5 Å². The number of anilines is 2. The van der Waals surface area contributed by atoms with Crippen molar-refractivity contribution in [3.8, 4) is 17.3 Å². The van der Waals surface area contributed by atoms with Crippen LogP contribution in [0.4, 0.5) is 11.4 Å². The van der Waals surface area contributed by atoms with E-state index in [-0.39, 0.29) is 27.1 Å². The molecule has 8 aromatic rings. The van der Waals surface area contributed by atoms with Crippen LogP contribution < -0.4 is 14.5 Å². The van der Waals surface area contributed by atoms with Crippen LogP contribution in [0.25, 0.3) is 27.6 Å². The van der Waals surface area contributed by atoms with Crippen molar-refractivity contribution in [3.05, 3.63) is 203 Å². The van der Waals surface area contributed by atoms with Gasteiger partial charge in [0.15, 0.2) is 0 Å². The molecule has 0 radical (unpaired) electrons. The first kappa shape index (κ1) is 45.6. The van der Waals surface area contributed by atoms with E-state index in [1.54, 1.807) is 0 Å². The highest BCUT2D eigenvalue weighted by atomic mass is 16.5. The van der Waals surface area contributed by atoms with Gasteiger partial charge in [-0.25, -0.2) is 4.98 Å². The first-order chi connectivity index (χ1) is 31.6. The van der Waals surface area contributed by atoms with Gasteiger partial charge in [-0.2, -0.15) is 0 Å². The van der Waals surface area contributed by atoms with E-state index in [0.717, 1.165) is 39.4 Å².